The molecule has 1 aliphatic heterocycles. The summed E-state index contributed by atoms with van der Waals surface area (Å²) < 4.78 is 25.1. The number of nitrogens with one attached hydrogen (secondary N) is 1. The third kappa shape index (κ3) is 4.72. The maximum absolute atomic E-state index is 13.1. The van der Waals surface area contributed by atoms with Gasteiger partial charge < -0.3 is 14.8 Å². The lowest BCUT2D eigenvalue weighted by molar-refractivity contribution is 0.0186. The Labute approximate surface area is 128 Å². The Morgan fingerprint density at radius 2 is 2.20 bits per heavy atom. The van der Waals surface area contributed by atoms with Crippen LogP contribution in [0.2, 0.25) is 0 Å². The molecule has 1 aromatic rings. The molecule has 0 aromatic heterocycles. The number of rotatable bonds is 7. The molecule has 0 amide bonds. The lowest BCUT2D eigenvalue weighted by Gasteiger charge is -2.15. The van der Waals surface area contributed by atoms with Crippen molar-refractivity contribution < 1.29 is 13.9 Å². The smallest absolute Gasteiger partial charge is 0.137 e. The van der Waals surface area contributed by atoms with Crippen LogP contribution >= 0.6 is 15.9 Å². The SMILES string of the molecule is CCCNCC1CCC(COc2ccc(F)c(Br)c2)O1. The van der Waals surface area contributed by atoms with Crippen LogP contribution in [0.3, 0.4) is 0 Å². The van der Waals surface area contributed by atoms with Crippen molar-refractivity contribution in [3.63, 3.8) is 0 Å². The topological polar surface area (TPSA) is 30.5 Å². The quantitative estimate of drug-likeness (QED) is 0.767. The van der Waals surface area contributed by atoms with Gasteiger partial charge >= 0.3 is 0 Å². The highest BCUT2D eigenvalue weighted by Crippen LogP contribution is 2.24. The number of hydrogen-bond donors (Lipinski definition) is 1. The zero-order chi connectivity index (χ0) is 14.4. The molecule has 5 heteroatoms. The Balaban J connectivity index is 1.71. The number of halogens is 2. The van der Waals surface area contributed by atoms with Crippen molar-refractivity contribution in [1.82, 2.24) is 5.32 Å². The fourth-order valence-electron chi connectivity index (χ4n) is 2.25. The van der Waals surface area contributed by atoms with E-state index in [1.165, 1.54) is 6.07 Å². The highest BCUT2D eigenvalue weighted by atomic mass is 79.9. The number of ether oxygens (including phenoxy) is 2. The third-order valence-corrected chi connectivity index (χ3v) is 3.93. The molecule has 1 saturated heterocycles. The second kappa shape index (κ2) is 7.96. The van der Waals surface area contributed by atoms with Gasteiger partial charge in [-0.15, -0.1) is 0 Å². The molecule has 1 N–H and O–H groups in total. The lowest BCUT2D eigenvalue weighted by atomic mass is 10.2. The van der Waals surface area contributed by atoms with Gasteiger partial charge in [-0.05, 0) is 59.9 Å². The number of hydrogen-bond acceptors (Lipinski definition) is 3. The highest BCUT2D eigenvalue weighted by Gasteiger charge is 2.25. The van der Waals surface area contributed by atoms with Crippen molar-refractivity contribution in [2.75, 3.05) is 19.7 Å². The van der Waals surface area contributed by atoms with E-state index in [9.17, 15) is 4.39 Å². The Morgan fingerprint density at radius 3 is 2.95 bits per heavy atom. The molecule has 1 aliphatic rings. The van der Waals surface area contributed by atoms with Gasteiger partial charge in [0.15, 0.2) is 0 Å². The maximum atomic E-state index is 13.1. The summed E-state index contributed by atoms with van der Waals surface area (Å²) in [6.07, 6.45) is 3.64. The molecule has 2 rings (SSSR count). The molecule has 0 saturated carbocycles. The molecule has 0 spiro atoms. The summed E-state index contributed by atoms with van der Waals surface area (Å²) in [5.74, 6) is 0.381. The summed E-state index contributed by atoms with van der Waals surface area (Å²) in [4.78, 5) is 0. The van der Waals surface area contributed by atoms with Gasteiger partial charge in [-0.3, -0.25) is 0 Å². The number of benzene rings is 1. The summed E-state index contributed by atoms with van der Waals surface area (Å²) in [6, 6.07) is 4.67. The average molecular weight is 346 g/mol. The second-order valence-electron chi connectivity index (χ2n) is 5.05. The van der Waals surface area contributed by atoms with Crippen LogP contribution in [0.4, 0.5) is 4.39 Å². The third-order valence-electron chi connectivity index (χ3n) is 3.32. The average Bonchev–Trinajstić information content (AvgIpc) is 2.88. The summed E-state index contributed by atoms with van der Waals surface area (Å²) in [7, 11) is 0. The predicted molar refractivity (Wildman–Crippen MR) is 80.7 cm³/mol. The van der Waals surface area contributed by atoms with Crippen LogP contribution in [0.15, 0.2) is 22.7 Å². The first kappa shape index (κ1) is 15.7. The molecule has 0 radical (unpaired) electrons. The van der Waals surface area contributed by atoms with Crippen LogP contribution in [0.1, 0.15) is 26.2 Å². The molecular formula is C15H21BrFNO2. The molecule has 3 nitrogen and oxygen atoms in total. The minimum atomic E-state index is -0.281. The van der Waals surface area contributed by atoms with E-state index >= 15 is 0 Å². The Bertz CT molecular complexity index is 430. The molecule has 1 fully saturated rings. The van der Waals surface area contributed by atoms with Crippen molar-refractivity contribution in [1.29, 1.82) is 0 Å². The van der Waals surface area contributed by atoms with Crippen molar-refractivity contribution in [3.05, 3.63) is 28.5 Å². The fraction of sp³-hybridized carbons (Fsp3) is 0.600. The zero-order valence-electron chi connectivity index (χ0n) is 11.7. The van der Waals surface area contributed by atoms with Gasteiger partial charge in [0.1, 0.15) is 18.2 Å². The van der Waals surface area contributed by atoms with Crippen molar-refractivity contribution >= 4 is 15.9 Å². The summed E-state index contributed by atoms with van der Waals surface area (Å²) in [5, 5.41) is 3.37. The Hall–Kier alpha value is -0.650. The normalized spacial score (nSPS) is 22.1. The van der Waals surface area contributed by atoms with E-state index < -0.39 is 0 Å². The minimum Gasteiger partial charge on any atom is -0.491 e. The van der Waals surface area contributed by atoms with E-state index in [0.717, 1.165) is 32.4 Å². The molecular weight excluding hydrogens is 325 g/mol. The van der Waals surface area contributed by atoms with Gasteiger partial charge in [0, 0.05) is 6.54 Å². The van der Waals surface area contributed by atoms with Gasteiger partial charge in [0.2, 0.25) is 0 Å². The molecule has 2 atom stereocenters. The van der Waals surface area contributed by atoms with Crippen LogP contribution in [0.5, 0.6) is 5.75 Å². The first-order valence-corrected chi connectivity index (χ1v) is 7.92. The summed E-state index contributed by atoms with van der Waals surface area (Å²) in [5.41, 5.74) is 0. The van der Waals surface area contributed by atoms with E-state index in [4.69, 9.17) is 9.47 Å². The van der Waals surface area contributed by atoms with Crippen molar-refractivity contribution in [2.45, 2.75) is 38.4 Å². The summed E-state index contributed by atoms with van der Waals surface area (Å²) >= 11 is 3.15. The lowest BCUT2D eigenvalue weighted by Crippen LogP contribution is -2.28. The van der Waals surface area contributed by atoms with Crippen LogP contribution in [-0.2, 0) is 4.74 Å². The molecule has 1 heterocycles. The molecule has 0 bridgehead atoms. The largest absolute Gasteiger partial charge is 0.491 e. The Kier molecular flexibility index (Phi) is 6.26. The minimum absolute atomic E-state index is 0.132. The van der Waals surface area contributed by atoms with Gasteiger partial charge in [-0.1, -0.05) is 6.92 Å². The Morgan fingerprint density at radius 1 is 1.40 bits per heavy atom. The van der Waals surface area contributed by atoms with Crippen LogP contribution in [0.25, 0.3) is 0 Å². The van der Waals surface area contributed by atoms with E-state index in [-0.39, 0.29) is 18.0 Å². The molecule has 2 unspecified atom stereocenters. The van der Waals surface area contributed by atoms with Gasteiger partial charge in [-0.2, -0.15) is 0 Å². The molecule has 0 aliphatic carbocycles. The predicted octanol–water partition coefficient (Wildman–Crippen LogP) is 3.51. The van der Waals surface area contributed by atoms with Gasteiger partial charge in [0.25, 0.3) is 0 Å². The van der Waals surface area contributed by atoms with E-state index in [2.05, 4.69) is 28.2 Å². The van der Waals surface area contributed by atoms with Crippen molar-refractivity contribution in [2.24, 2.45) is 0 Å². The zero-order valence-corrected chi connectivity index (χ0v) is 13.3. The van der Waals surface area contributed by atoms with Gasteiger partial charge in [0.05, 0.1) is 16.7 Å². The molecule has 1 aromatic carbocycles. The van der Waals surface area contributed by atoms with Crippen molar-refractivity contribution in [3.8, 4) is 5.75 Å². The second-order valence-corrected chi connectivity index (χ2v) is 5.90. The van der Waals surface area contributed by atoms with Crippen LogP contribution in [0, 0.1) is 5.82 Å². The molecule has 20 heavy (non-hydrogen) atoms. The van der Waals surface area contributed by atoms with Crippen LogP contribution in [-0.4, -0.2) is 31.9 Å². The fourth-order valence-corrected chi connectivity index (χ4v) is 2.61. The van der Waals surface area contributed by atoms with E-state index in [1.807, 2.05) is 0 Å². The highest BCUT2D eigenvalue weighted by molar-refractivity contribution is 9.10. The first-order chi connectivity index (χ1) is 9.69. The molecule has 112 valence electrons. The standard InChI is InChI=1S/C15H21BrFNO2/c1-2-7-18-9-12-3-4-13(20-12)10-19-11-5-6-15(17)14(16)8-11/h5-6,8,12-13,18H,2-4,7,9-10H2,1H3. The maximum Gasteiger partial charge on any atom is 0.137 e. The van der Waals surface area contributed by atoms with Gasteiger partial charge in [-0.25, -0.2) is 4.39 Å². The monoisotopic (exact) mass is 345 g/mol. The first-order valence-electron chi connectivity index (χ1n) is 7.13. The van der Waals surface area contributed by atoms with E-state index in [0.29, 0.717) is 16.8 Å². The summed E-state index contributed by atoms with van der Waals surface area (Å²) in [6.45, 7) is 4.61. The van der Waals surface area contributed by atoms with E-state index in [1.54, 1.807) is 12.1 Å². The van der Waals surface area contributed by atoms with Crippen LogP contribution < -0.4 is 10.1 Å².